The van der Waals surface area contributed by atoms with Crippen molar-refractivity contribution in [1.82, 2.24) is 14.9 Å². The normalized spacial score (nSPS) is 11.8. The monoisotopic (exact) mass is 536 g/mol. The molecule has 0 aliphatic carbocycles. The summed E-state index contributed by atoms with van der Waals surface area (Å²) in [6, 6.07) is 5.54. The first-order chi connectivity index (χ1) is 11.8. The molecule has 0 saturated carbocycles. The van der Waals surface area contributed by atoms with E-state index in [9.17, 15) is 8.42 Å². The first kappa shape index (κ1) is 25.7. The Morgan fingerprint density at radius 3 is 2.50 bits per heavy atom. The van der Waals surface area contributed by atoms with Gasteiger partial charge in [0.15, 0.2) is 5.96 Å². The first-order valence-electron chi connectivity index (χ1n) is 8.19. The van der Waals surface area contributed by atoms with Gasteiger partial charge in [0.1, 0.15) is 0 Å². The van der Waals surface area contributed by atoms with Crippen molar-refractivity contribution in [2.45, 2.75) is 26.8 Å². The number of hydrogen-bond acceptors (Lipinski definition) is 3. The molecule has 0 heterocycles. The van der Waals surface area contributed by atoms with Gasteiger partial charge >= 0.3 is 0 Å². The molecule has 1 aromatic rings. The van der Waals surface area contributed by atoms with Crippen LogP contribution in [0.2, 0.25) is 10.0 Å². The number of hydrogen-bond donors (Lipinski definition) is 2. The van der Waals surface area contributed by atoms with Gasteiger partial charge in [-0.25, -0.2) is 13.1 Å². The van der Waals surface area contributed by atoms with E-state index in [1.165, 1.54) is 0 Å². The standard InChI is InChI=1S/C16H26Cl2N4O2S.HI/c1-4-19-16(20-9-6-10-21-25(23,24)5-2)22(3)12-13-7-8-14(17)15(18)11-13;/h7-8,11,21H,4-6,9-10,12H2,1-3H3,(H,19,20);1H. The van der Waals surface area contributed by atoms with Gasteiger partial charge in [0, 0.05) is 33.2 Å². The van der Waals surface area contributed by atoms with Gasteiger partial charge in [0.05, 0.1) is 15.8 Å². The van der Waals surface area contributed by atoms with Gasteiger partial charge in [0.25, 0.3) is 0 Å². The second-order valence-electron chi connectivity index (χ2n) is 5.49. The third-order valence-corrected chi connectivity index (χ3v) is 5.54. The zero-order valence-corrected chi connectivity index (χ0v) is 19.9. The molecule has 0 amide bonds. The van der Waals surface area contributed by atoms with Crippen LogP contribution in [0.25, 0.3) is 0 Å². The molecule has 0 aliphatic heterocycles. The van der Waals surface area contributed by atoms with E-state index in [-0.39, 0.29) is 29.7 Å². The lowest BCUT2D eigenvalue weighted by Crippen LogP contribution is -2.38. The minimum atomic E-state index is -3.14. The van der Waals surface area contributed by atoms with Crippen LogP contribution < -0.4 is 10.0 Å². The Morgan fingerprint density at radius 1 is 1.23 bits per heavy atom. The van der Waals surface area contributed by atoms with E-state index < -0.39 is 10.0 Å². The van der Waals surface area contributed by atoms with Crippen LogP contribution in [0.5, 0.6) is 0 Å². The van der Waals surface area contributed by atoms with Crippen molar-refractivity contribution in [3.8, 4) is 0 Å². The molecule has 1 rings (SSSR count). The molecule has 0 bridgehead atoms. The maximum atomic E-state index is 11.4. The van der Waals surface area contributed by atoms with Gasteiger partial charge in [-0.15, -0.1) is 24.0 Å². The fraction of sp³-hybridized carbons (Fsp3) is 0.562. The predicted molar refractivity (Wildman–Crippen MR) is 121 cm³/mol. The molecule has 0 unspecified atom stereocenters. The number of rotatable bonds is 9. The van der Waals surface area contributed by atoms with Crippen LogP contribution >= 0.6 is 47.2 Å². The zero-order valence-electron chi connectivity index (χ0n) is 15.3. The summed E-state index contributed by atoms with van der Waals surface area (Å²) in [5.41, 5.74) is 1.03. The van der Waals surface area contributed by atoms with Crippen LogP contribution in [0.1, 0.15) is 25.8 Å². The molecule has 150 valence electrons. The summed E-state index contributed by atoms with van der Waals surface area (Å²) in [5, 5.41) is 4.28. The average Bonchev–Trinajstić information content (AvgIpc) is 2.56. The molecule has 2 N–H and O–H groups in total. The highest BCUT2D eigenvalue weighted by molar-refractivity contribution is 14.0. The van der Waals surface area contributed by atoms with Crippen LogP contribution in [0, 0.1) is 0 Å². The lowest BCUT2D eigenvalue weighted by Gasteiger charge is -2.22. The van der Waals surface area contributed by atoms with E-state index in [4.69, 9.17) is 23.2 Å². The predicted octanol–water partition coefficient (Wildman–Crippen LogP) is 3.34. The minimum Gasteiger partial charge on any atom is -0.357 e. The molecule has 0 aliphatic rings. The van der Waals surface area contributed by atoms with E-state index in [1.807, 2.05) is 31.0 Å². The molecule has 1 aromatic carbocycles. The van der Waals surface area contributed by atoms with Gasteiger partial charge < -0.3 is 10.2 Å². The fourth-order valence-electron chi connectivity index (χ4n) is 2.05. The zero-order chi connectivity index (χ0) is 18.9. The van der Waals surface area contributed by atoms with Crippen molar-refractivity contribution >= 4 is 63.2 Å². The van der Waals surface area contributed by atoms with Crippen molar-refractivity contribution in [2.24, 2.45) is 4.99 Å². The van der Waals surface area contributed by atoms with Gasteiger partial charge in [0.2, 0.25) is 10.0 Å². The Balaban J connectivity index is 0.00000625. The summed E-state index contributed by atoms with van der Waals surface area (Å²) in [4.78, 5) is 6.52. The molecular formula is C16H27Cl2IN4O2S. The number of benzene rings is 1. The summed E-state index contributed by atoms with van der Waals surface area (Å²) in [6.45, 7) is 5.90. The highest BCUT2D eigenvalue weighted by Crippen LogP contribution is 2.23. The van der Waals surface area contributed by atoms with E-state index in [0.29, 0.717) is 36.1 Å². The summed E-state index contributed by atoms with van der Waals surface area (Å²) in [5.74, 6) is 0.845. The molecule has 10 heteroatoms. The Labute approximate surface area is 183 Å². The second kappa shape index (κ2) is 13.0. The van der Waals surface area contributed by atoms with Crippen molar-refractivity contribution in [3.05, 3.63) is 33.8 Å². The highest BCUT2D eigenvalue weighted by Gasteiger charge is 2.08. The molecule has 6 nitrogen and oxygen atoms in total. The van der Waals surface area contributed by atoms with Crippen molar-refractivity contribution in [1.29, 1.82) is 0 Å². The molecule has 26 heavy (non-hydrogen) atoms. The van der Waals surface area contributed by atoms with Crippen molar-refractivity contribution in [3.63, 3.8) is 0 Å². The first-order valence-corrected chi connectivity index (χ1v) is 10.6. The topological polar surface area (TPSA) is 73.8 Å². The Kier molecular flexibility index (Phi) is 12.8. The van der Waals surface area contributed by atoms with Crippen LogP contribution in [0.4, 0.5) is 0 Å². The molecular weight excluding hydrogens is 510 g/mol. The van der Waals surface area contributed by atoms with Crippen LogP contribution in [0.3, 0.4) is 0 Å². The van der Waals surface area contributed by atoms with Gasteiger partial charge in [-0.05, 0) is 38.0 Å². The van der Waals surface area contributed by atoms with Crippen LogP contribution in [0.15, 0.2) is 23.2 Å². The number of aliphatic imine (C=N–C) groups is 1. The third-order valence-electron chi connectivity index (χ3n) is 3.40. The minimum absolute atomic E-state index is 0. The molecule has 0 spiro atoms. The average molecular weight is 537 g/mol. The summed E-state index contributed by atoms with van der Waals surface area (Å²) in [7, 11) is -1.21. The lowest BCUT2D eigenvalue weighted by molar-refractivity contribution is 0.476. The van der Waals surface area contributed by atoms with E-state index in [0.717, 1.165) is 18.1 Å². The van der Waals surface area contributed by atoms with Gasteiger partial charge in [-0.2, -0.15) is 0 Å². The van der Waals surface area contributed by atoms with Gasteiger partial charge in [-0.3, -0.25) is 4.99 Å². The summed E-state index contributed by atoms with van der Waals surface area (Å²) >= 11 is 12.0. The molecule has 0 aromatic heterocycles. The van der Waals surface area contributed by atoms with Gasteiger partial charge in [-0.1, -0.05) is 29.3 Å². The van der Waals surface area contributed by atoms with Crippen LogP contribution in [-0.2, 0) is 16.6 Å². The van der Waals surface area contributed by atoms with E-state index >= 15 is 0 Å². The lowest BCUT2D eigenvalue weighted by atomic mass is 10.2. The van der Waals surface area contributed by atoms with E-state index in [2.05, 4.69) is 15.0 Å². The second-order valence-corrected chi connectivity index (χ2v) is 8.40. The SMILES string of the molecule is CCNC(=NCCCNS(=O)(=O)CC)N(C)Cc1ccc(Cl)c(Cl)c1.I. The Hall–Kier alpha value is -0.290. The fourth-order valence-corrected chi connectivity index (χ4v) is 3.03. The Morgan fingerprint density at radius 2 is 1.92 bits per heavy atom. The highest BCUT2D eigenvalue weighted by atomic mass is 127. The smallest absolute Gasteiger partial charge is 0.211 e. The Bertz CT molecular complexity index is 687. The van der Waals surface area contributed by atoms with Crippen LogP contribution in [-0.4, -0.2) is 51.7 Å². The molecule has 0 fully saturated rings. The largest absolute Gasteiger partial charge is 0.357 e. The molecule has 0 atom stereocenters. The van der Waals surface area contributed by atoms with Crippen molar-refractivity contribution < 1.29 is 8.42 Å². The number of guanidine groups is 1. The number of sulfonamides is 1. The third kappa shape index (κ3) is 9.59. The maximum Gasteiger partial charge on any atom is 0.211 e. The van der Waals surface area contributed by atoms with Crippen molar-refractivity contribution in [2.75, 3.05) is 32.4 Å². The summed E-state index contributed by atoms with van der Waals surface area (Å²) in [6.07, 6.45) is 0.634. The maximum absolute atomic E-state index is 11.4. The number of nitrogens with zero attached hydrogens (tertiary/aromatic N) is 2. The summed E-state index contributed by atoms with van der Waals surface area (Å²) < 4.78 is 25.3. The quantitative estimate of drug-likeness (QED) is 0.220. The molecule has 0 saturated heterocycles. The van der Waals surface area contributed by atoms with E-state index in [1.54, 1.807) is 13.0 Å². The number of nitrogens with one attached hydrogen (secondary N) is 2. The molecule has 0 radical (unpaired) electrons. The number of halogens is 3.